The summed E-state index contributed by atoms with van der Waals surface area (Å²) in [5.41, 5.74) is 2.23. The van der Waals surface area contributed by atoms with E-state index in [1.54, 1.807) is 0 Å². The Morgan fingerprint density at radius 2 is 1.65 bits per heavy atom. The third-order valence-electron chi connectivity index (χ3n) is 4.19. The fourth-order valence-corrected chi connectivity index (χ4v) is 3.36. The van der Waals surface area contributed by atoms with Gasteiger partial charge in [-0.25, -0.2) is 0 Å². The van der Waals surface area contributed by atoms with Crippen molar-refractivity contribution < 1.29 is 4.79 Å². The van der Waals surface area contributed by atoms with Crippen LogP contribution in [0.3, 0.4) is 0 Å². The highest BCUT2D eigenvalue weighted by Crippen LogP contribution is 2.43. The van der Waals surface area contributed by atoms with Gasteiger partial charge in [-0.3, -0.25) is 4.79 Å². The van der Waals surface area contributed by atoms with Crippen molar-refractivity contribution >= 4 is 5.78 Å². The SMILES string of the molecule is CCCCC1CC(=O)C(C(C)(C)C)=C(C(C)(C)C)N1C. The monoisotopic (exact) mass is 279 g/mol. The number of unbranched alkanes of at least 4 members (excludes halogenated alkanes) is 1. The molecule has 1 aliphatic rings. The molecule has 0 fully saturated rings. The molecule has 1 aliphatic heterocycles. The number of allylic oxidation sites excluding steroid dienone is 2. The van der Waals surface area contributed by atoms with Gasteiger partial charge in [0.25, 0.3) is 0 Å². The third-order valence-corrected chi connectivity index (χ3v) is 4.19. The molecule has 0 aromatic heterocycles. The minimum atomic E-state index is -0.0797. The summed E-state index contributed by atoms with van der Waals surface area (Å²) in [6, 6.07) is 0.378. The Labute approximate surface area is 125 Å². The first-order chi connectivity index (χ1) is 9.00. The molecule has 0 saturated carbocycles. The zero-order valence-corrected chi connectivity index (χ0v) is 14.8. The maximum Gasteiger partial charge on any atom is 0.163 e. The van der Waals surface area contributed by atoms with Gasteiger partial charge in [-0.05, 0) is 11.8 Å². The van der Waals surface area contributed by atoms with Gasteiger partial charge < -0.3 is 4.90 Å². The van der Waals surface area contributed by atoms with Gasteiger partial charge >= 0.3 is 0 Å². The quantitative estimate of drug-likeness (QED) is 0.740. The van der Waals surface area contributed by atoms with Gasteiger partial charge in [0.05, 0.1) is 0 Å². The molecule has 2 nitrogen and oxygen atoms in total. The van der Waals surface area contributed by atoms with E-state index in [-0.39, 0.29) is 10.8 Å². The molecule has 0 bridgehead atoms. The van der Waals surface area contributed by atoms with Crippen molar-refractivity contribution in [1.82, 2.24) is 4.90 Å². The van der Waals surface area contributed by atoms with E-state index in [1.807, 2.05) is 0 Å². The highest BCUT2D eigenvalue weighted by Gasteiger charge is 2.40. The van der Waals surface area contributed by atoms with E-state index >= 15 is 0 Å². The van der Waals surface area contributed by atoms with Crippen LogP contribution in [0, 0.1) is 10.8 Å². The summed E-state index contributed by atoms with van der Waals surface area (Å²) >= 11 is 0. The van der Waals surface area contributed by atoms with Gasteiger partial charge in [0.15, 0.2) is 5.78 Å². The molecular formula is C18H33NO. The van der Waals surface area contributed by atoms with Crippen molar-refractivity contribution in [3.63, 3.8) is 0 Å². The number of carbonyl (C=O) groups excluding carboxylic acids is 1. The second kappa shape index (κ2) is 5.91. The number of carbonyl (C=O) groups is 1. The fourth-order valence-electron chi connectivity index (χ4n) is 3.36. The minimum absolute atomic E-state index is 0.0118. The minimum Gasteiger partial charge on any atom is -0.374 e. The summed E-state index contributed by atoms with van der Waals surface area (Å²) in [4.78, 5) is 15.1. The fraction of sp³-hybridized carbons (Fsp3) is 0.833. The highest BCUT2D eigenvalue weighted by atomic mass is 16.1. The third kappa shape index (κ3) is 3.65. The van der Waals surface area contributed by atoms with Gasteiger partial charge in [0, 0.05) is 36.2 Å². The van der Waals surface area contributed by atoms with Crippen LogP contribution in [0.1, 0.15) is 74.1 Å². The van der Waals surface area contributed by atoms with Crippen molar-refractivity contribution in [2.45, 2.75) is 80.2 Å². The summed E-state index contributed by atoms with van der Waals surface area (Å²) in [6.07, 6.45) is 4.20. The second-order valence-electron chi connectivity index (χ2n) is 8.26. The van der Waals surface area contributed by atoms with Crippen LogP contribution in [0.15, 0.2) is 11.3 Å². The van der Waals surface area contributed by atoms with E-state index in [1.165, 1.54) is 18.5 Å². The number of hydrogen-bond acceptors (Lipinski definition) is 2. The first-order valence-corrected chi connectivity index (χ1v) is 8.01. The van der Waals surface area contributed by atoms with Crippen LogP contribution in [0.2, 0.25) is 0 Å². The Balaban J connectivity index is 3.30. The number of ketones is 1. The zero-order chi connectivity index (χ0) is 15.7. The molecule has 0 amide bonds. The maximum absolute atomic E-state index is 12.7. The Bertz CT molecular complexity index is 393. The summed E-state index contributed by atoms with van der Waals surface area (Å²) < 4.78 is 0. The molecule has 0 aromatic carbocycles. The van der Waals surface area contributed by atoms with Gasteiger partial charge in [0.2, 0.25) is 0 Å². The van der Waals surface area contributed by atoms with Crippen molar-refractivity contribution in [3.05, 3.63) is 11.3 Å². The average Bonchev–Trinajstić information content (AvgIpc) is 2.26. The smallest absolute Gasteiger partial charge is 0.163 e. The second-order valence-corrected chi connectivity index (χ2v) is 8.26. The topological polar surface area (TPSA) is 20.3 Å². The Hall–Kier alpha value is -0.790. The largest absolute Gasteiger partial charge is 0.374 e. The van der Waals surface area contributed by atoms with Crippen LogP contribution in [-0.2, 0) is 4.79 Å². The zero-order valence-electron chi connectivity index (χ0n) is 14.8. The number of nitrogens with zero attached hydrogens (tertiary/aromatic N) is 1. The lowest BCUT2D eigenvalue weighted by atomic mass is 9.72. The maximum atomic E-state index is 12.7. The molecule has 0 aromatic rings. The van der Waals surface area contributed by atoms with Gasteiger partial charge in [-0.2, -0.15) is 0 Å². The van der Waals surface area contributed by atoms with Crippen LogP contribution in [-0.4, -0.2) is 23.8 Å². The molecule has 20 heavy (non-hydrogen) atoms. The van der Waals surface area contributed by atoms with Crippen LogP contribution in [0.5, 0.6) is 0 Å². The van der Waals surface area contributed by atoms with Gasteiger partial charge in [-0.15, -0.1) is 0 Å². The number of rotatable bonds is 3. The van der Waals surface area contributed by atoms with Crippen LogP contribution in [0.25, 0.3) is 0 Å². The molecule has 116 valence electrons. The van der Waals surface area contributed by atoms with Crippen LogP contribution in [0.4, 0.5) is 0 Å². The first kappa shape index (κ1) is 17.3. The van der Waals surface area contributed by atoms with Crippen LogP contribution >= 0.6 is 0 Å². The molecule has 1 rings (SSSR count). The lowest BCUT2D eigenvalue weighted by Crippen LogP contribution is -2.45. The predicted octanol–water partition coefficient (Wildman–Crippen LogP) is 4.80. The van der Waals surface area contributed by atoms with Crippen molar-refractivity contribution in [2.75, 3.05) is 7.05 Å². The van der Waals surface area contributed by atoms with Crippen molar-refractivity contribution in [3.8, 4) is 0 Å². The Morgan fingerprint density at radius 3 is 2.05 bits per heavy atom. The predicted molar refractivity (Wildman–Crippen MR) is 86.6 cm³/mol. The van der Waals surface area contributed by atoms with E-state index in [0.29, 0.717) is 18.2 Å². The molecule has 1 atom stereocenters. The summed E-state index contributed by atoms with van der Waals surface area (Å²) in [5.74, 6) is 0.363. The molecule has 2 heteroatoms. The first-order valence-electron chi connectivity index (χ1n) is 8.01. The van der Waals surface area contributed by atoms with E-state index in [4.69, 9.17) is 0 Å². The molecule has 0 radical (unpaired) electrons. The lowest BCUT2D eigenvalue weighted by Gasteiger charge is -2.45. The van der Waals surface area contributed by atoms with E-state index in [0.717, 1.165) is 12.0 Å². The van der Waals surface area contributed by atoms with Crippen LogP contribution < -0.4 is 0 Å². The molecule has 0 N–H and O–H groups in total. The molecule has 1 unspecified atom stereocenters. The highest BCUT2D eigenvalue weighted by molar-refractivity contribution is 5.98. The van der Waals surface area contributed by atoms with Gasteiger partial charge in [0.1, 0.15) is 0 Å². The molecular weight excluding hydrogens is 246 g/mol. The van der Waals surface area contributed by atoms with E-state index in [9.17, 15) is 4.79 Å². The molecule has 0 aliphatic carbocycles. The number of Topliss-reactive ketones (excluding diaryl/α,β-unsaturated/α-hetero) is 1. The summed E-state index contributed by atoms with van der Waals surface area (Å²) in [5, 5.41) is 0. The summed E-state index contributed by atoms with van der Waals surface area (Å²) in [6.45, 7) is 15.4. The lowest BCUT2D eigenvalue weighted by molar-refractivity contribution is -0.119. The normalized spacial score (nSPS) is 21.7. The van der Waals surface area contributed by atoms with Gasteiger partial charge in [-0.1, -0.05) is 61.3 Å². The van der Waals surface area contributed by atoms with E-state index < -0.39 is 0 Å². The molecule has 0 spiro atoms. The molecule has 0 saturated heterocycles. The Kier molecular flexibility index (Phi) is 5.10. The summed E-state index contributed by atoms with van der Waals surface area (Å²) in [7, 11) is 2.18. The molecule has 1 heterocycles. The average molecular weight is 279 g/mol. The standard InChI is InChI=1S/C18H33NO/c1-9-10-11-13-12-14(20)15(17(2,3)4)16(19(13)8)18(5,6)7/h13H,9-12H2,1-8H3. The van der Waals surface area contributed by atoms with Crippen molar-refractivity contribution in [2.24, 2.45) is 10.8 Å². The van der Waals surface area contributed by atoms with Crippen molar-refractivity contribution in [1.29, 1.82) is 0 Å². The van der Waals surface area contributed by atoms with E-state index in [2.05, 4.69) is 60.4 Å². The number of hydrogen-bond donors (Lipinski definition) is 0. The Morgan fingerprint density at radius 1 is 1.10 bits per heavy atom.